The molecule has 0 fully saturated rings. The predicted molar refractivity (Wildman–Crippen MR) is 77.9 cm³/mol. The zero-order chi connectivity index (χ0) is 13.8. The minimum absolute atomic E-state index is 0.794. The highest BCUT2D eigenvalue weighted by atomic mass is 15.1. The molecule has 3 aromatic heterocycles. The first kappa shape index (κ1) is 12.4. The molecule has 4 heteroatoms. The average Bonchev–Trinajstić information content (AvgIpc) is 2.56. The summed E-state index contributed by atoms with van der Waals surface area (Å²) in [6.07, 6.45) is 4.40. The zero-order valence-corrected chi connectivity index (χ0v) is 11.2. The van der Waals surface area contributed by atoms with Gasteiger partial charge in [-0.2, -0.15) is 0 Å². The monoisotopic (exact) mass is 262 g/mol. The number of hydrogen-bond donors (Lipinski definition) is 0. The first-order valence-electron chi connectivity index (χ1n) is 6.58. The van der Waals surface area contributed by atoms with Gasteiger partial charge in [0, 0.05) is 12.4 Å². The number of hydrogen-bond acceptors (Lipinski definition) is 4. The SMILES string of the molecule is CCc1cc(-c2ccccn2)nnc1-c1ccccn1. The van der Waals surface area contributed by atoms with Crippen LogP contribution in [0.4, 0.5) is 0 Å². The molecular formula is C16H14N4. The lowest BCUT2D eigenvalue weighted by Gasteiger charge is -2.07. The average molecular weight is 262 g/mol. The fourth-order valence-electron chi connectivity index (χ4n) is 2.06. The van der Waals surface area contributed by atoms with Crippen LogP contribution in [0, 0.1) is 0 Å². The van der Waals surface area contributed by atoms with E-state index in [4.69, 9.17) is 0 Å². The van der Waals surface area contributed by atoms with Crippen molar-refractivity contribution in [2.45, 2.75) is 13.3 Å². The second kappa shape index (κ2) is 5.57. The third kappa shape index (κ3) is 2.40. The van der Waals surface area contributed by atoms with E-state index in [0.29, 0.717) is 0 Å². The number of pyridine rings is 2. The highest BCUT2D eigenvalue weighted by molar-refractivity contribution is 5.63. The molecule has 4 nitrogen and oxygen atoms in total. The van der Waals surface area contributed by atoms with Crippen molar-refractivity contribution in [2.75, 3.05) is 0 Å². The van der Waals surface area contributed by atoms with Crippen molar-refractivity contribution in [1.29, 1.82) is 0 Å². The Balaban J connectivity index is 2.07. The topological polar surface area (TPSA) is 51.6 Å². The van der Waals surface area contributed by atoms with Gasteiger partial charge in [-0.25, -0.2) is 0 Å². The smallest absolute Gasteiger partial charge is 0.115 e. The lowest BCUT2D eigenvalue weighted by Crippen LogP contribution is -1.99. The lowest BCUT2D eigenvalue weighted by atomic mass is 10.1. The van der Waals surface area contributed by atoms with E-state index in [-0.39, 0.29) is 0 Å². The van der Waals surface area contributed by atoms with E-state index in [0.717, 1.165) is 34.8 Å². The van der Waals surface area contributed by atoms with Crippen molar-refractivity contribution >= 4 is 0 Å². The fourth-order valence-corrected chi connectivity index (χ4v) is 2.06. The lowest BCUT2D eigenvalue weighted by molar-refractivity contribution is 0.983. The maximum atomic E-state index is 4.34. The fraction of sp³-hybridized carbons (Fsp3) is 0.125. The molecule has 3 heterocycles. The van der Waals surface area contributed by atoms with Crippen LogP contribution >= 0.6 is 0 Å². The van der Waals surface area contributed by atoms with Crippen LogP contribution in [-0.4, -0.2) is 20.2 Å². The Morgan fingerprint density at radius 1 is 0.800 bits per heavy atom. The maximum absolute atomic E-state index is 4.34. The van der Waals surface area contributed by atoms with Crippen LogP contribution in [0.3, 0.4) is 0 Å². The summed E-state index contributed by atoms with van der Waals surface area (Å²) in [5, 5.41) is 8.63. The Morgan fingerprint density at radius 3 is 2.10 bits per heavy atom. The molecule has 0 aliphatic carbocycles. The first-order valence-corrected chi connectivity index (χ1v) is 6.58. The standard InChI is InChI=1S/C16H14N4/c1-2-12-11-15(13-7-3-5-9-17-13)19-20-16(12)14-8-4-6-10-18-14/h3-11H,2H2,1H3. The quantitative estimate of drug-likeness (QED) is 0.727. The highest BCUT2D eigenvalue weighted by Gasteiger charge is 2.10. The molecule has 0 amide bonds. The second-order valence-corrected chi connectivity index (χ2v) is 4.39. The Kier molecular flexibility index (Phi) is 3.46. The van der Waals surface area contributed by atoms with E-state index >= 15 is 0 Å². The Bertz CT molecular complexity index is 696. The van der Waals surface area contributed by atoms with Crippen LogP contribution in [0.1, 0.15) is 12.5 Å². The van der Waals surface area contributed by atoms with E-state index in [9.17, 15) is 0 Å². The van der Waals surface area contributed by atoms with Crippen molar-refractivity contribution in [2.24, 2.45) is 0 Å². The molecule has 0 aliphatic heterocycles. The Labute approximate surface area is 117 Å². The summed E-state index contributed by atoms with van der Waals surface area (Å²) in [5.41, 5.74) is 4.45. The van der Waals surface area contributed by atoms with Gasteiger partial charge in [-0.3, -0.25) is 9.97 Å². The molecule has 0 atom stereocenters. The van der Waals surface area contributed by atoms with E-state index in [2.05, 4.69) is 27.1 Å². The molecule has 98 valence electrons. The summed E-state index contributed by atoms with van der Waals surface area (Å²) in [4.78, 5) is 8.65. The van der Waals surface area contributed by atoms with E-state index in [1.165, 1.54) is 0 Å². The van der Waals surface area contributed by atoms with Gasteiger partial charge < -0.3 is 0 Å². The van der Waals surface area contributed by atoms with Crippen molar-refractivity contribution in [1.82, 2.24) is 20.2 Å². The summed E-state index contributed by atoms with van der Waals surface area (Å²) in [7, 11) is 0. The van der Waals surface area contributed by atoms with Gasteiger partial charge in [0.25, 0.3) is 0 Å². The summed E-state index contributed by atoms with van der Waals surface area (Å²) < 4.78 is 0. The molecule has 3 aromatic rings. The summed E-state index contributed by atoms with van der Waals surface area (Å²) in [6.45, 7) is 2.10. The number of rotatable bonds is 3. The largest absolute Gasteiger partial charge is 0.255 e. The molecule has 0 saturated carbocycles. The number of aromatic nitrogens is 4. The summed E-state index contributed by atoms with van der Waals surface area (Å²) >= 11 is 0. The molecule has 0 spiro atoms. The zero-order valence-electron chi connectivity index (χ0n) is 11.2. The molecule has 3 rings (SSSR count). The molecule has 20 heavy (non-hydrogen) atoms. The van der Waals surface area contributed by atoms with Gasteiger partial charge in [0.05, 0.1) is 11.4 Å². The normalized spacial score (nSPS) is 10.4. The minimum atomic E-state index is 0.794. The molecular weight excluding hydrogens is 248 g/mol. The van der Waals surface area contributed by atoms with Crippen molar-refractivity contribution in [3.63, 3.8) is 0 Å². The van der Waals surface area contributed by atoms with Crippen LogP contribution < -0.4 is 0 Å². The molecule has 0 aromatic carbocycles. The second-order valence-electron chi connectivity index (χ2n) is 4.39. The highest BCUT2D eigenvalue weighted by Crippen LogP contribution is 2.22. The van der Waals surface area contributed by atoms with Gasteiger partial charge in [-0.1, -0.05) is 19.1 Å². The van der Waals surface area contributed by atoms with Crippen LogP contribution in [0.2, 0.25) is 0 Å². The van der Waals surface area contributed by atoms with Crippen LogP contribution in [0.15, 0.2) is 54.9 Å². The van der Waals surface area contributed by atoms with Crippen molar-refractivity contribution < 1.29 is 0 Å². The summed E-state index contributed by atoms with van der Waals surface area (Å²) in [6, 6.07) is 13.6. The third-order valence-electron chi connectivity index (χ3n) is 3.09. The Hall–Kier alpha value is -2.62. The molecule has 0 N–H and O–H groups in total. The summed E-state index contributed by atoms with van der Waals surface area (Å²) in [5.74, 6) is 0. The first-order chi connectivity index (χ1) is 9.88. The maximum Gasteiger partial charge on any atom is 0.115 e. The van der Waals surface area contributed by atoms with Crippen LogP contribution in [0.25, 0.3) is 22.8 Å². The predicted octanol–water partition coefficient (Wildman–Crippen LogP) is 3.16. The number of aryl methyl sites for hydroxylation is 1. The minimum Gasteiger partial charge on any atom is -0.255 e. The molecule has 0 saturated heterocycles. The molecule has 0 unspecified atom stereocenters. The van der Waals surface area contributed by atoms with Crippen LogP contribution in [-0.2, 0) is 6.42 Å². The van der Waals surface area contributed by atoms with Crippen molar-refractivity contribution in [3.8, 4) is 22.8 Å². The third-order valence-corrected chi connectivity index (χ3v) is 3.09. The molecule has 0 radical (unpaired) electrons. The van der Waals surface area contributed by atoms with Crippen molar-refractivity contribution in [3.05, 3.63) is 60.4 Å². The van der Waals surface area contributed by atoms with Crippen LogP contribution in [0.5, 0.6) is 0 Å². The van der Waals surface area contributed by atoms with Gasteiger partial charge in [0.15, 0.2) is 0 Å². The van der Waals surface area contributed by atoms with Gasteiger partial charge in [-0.15, -0.1) is 10.2 Å². The van der Waals surface area contributed by atoms with E-state index in [1.807, 2.05) is 42.5 Å². The Morgan fingerprint density at radius 2 is 1.50 bits per heavy atom. The number of nitrogens with zero attached hydrogens (tertiary/aromatic N) is 4. The molecule has 0 bridgehead atoms. The van der Waals surface area contributed by atoms with E-state index < -0.39 is 0 Å². The van der Waals surface area contributed by atoms with Gasteiger partial charge in [-0.05, 0) is 42.3 Å². The van der Waals surface area contributed by atoms with Gasteiger partial charge in [0.2, 0.25) is 0 Å². The van der Waals surface area contributed by atoms with Gasteiger partial charge >= 0.3 is 0 Å². The molecule has 0 aliphatic rings. The van der Waals surface area contributed by atoms with E-state index in [1.54, 1.807) is 12.4 Å². The van der Waals surface area contributed by atoms with Gasteiger partial charge in [0.1, 0.15) is 11.4 Å².